The van der Waals surface area contributed by atoms with Crippen molar-refractivity contribution in [3.8, 4) is 0 Å². The number of nitrogens with one attached hydrogen (secondary N) is 1. The molecule has 0 saturated carbocycles. The van der Waals surface area contributed by atoms with Crippen LogP contribution in [-0.4, -0.2) is 17.6 Å². The molecule has 0 bridgehead atoms. The summed E-state index contributed by atoms with van der Waals surface area (Å²) in [6.45, 7) is 6.11. The summed E-state index contributed by atoms with van der Waals surface area (Å²) in [6, 6.07) is 4.94. The Bertz CT molecular complexity index is 402. The molecule has 15 heavy (non-hydrogen) atoms. The highest BCUT2D eigenvalue weighted by atomic mass is 35.5. The average molecular weight is 226 g/mol. The van der Waals surface area contributed by atoms with Crippen molar-refractivity contribution in [3.05, 3.63) is 40.9 Å². The summed E-state index contributed by atoms with van der Waals surface area (Å²) in [5.41, 5.74) is 1.53. The zero-order chi connectivity index (χ0) is 11.4. The number of hydrogen-bond donors (Lipinski definition) is 2. The van der Waals surface area contributed by atoms with Gasteiger partial charge in [-0.25, -0.2) is 4.79 Å². The van der Waals surface area contributed by atoms with Gasteiger partial charge in [0.25, 0.3) is 0 Å². The predicted octanol–water partition coefficient (Wildman–Crippen LogP) is 3.03. The van der Waals surface area contributed by atoms with Crippen molar-refractivity contribution < 1.29 is 9.90 Å². The van der Waals surface area contributed by atoms with Gasteiger partial charge in [0.1, 0.15) is 5.56 Å². The van der Waals surface area contributed by atoms with E-state index in [1.54, 1.807) is 18.2 Å². The van der Waals surface area contributed by atoms with Crippen molar-refractivity contribution in [1.82, 2.24) is 0 Å². The molecule has 0 heterocycles. The second-order valence-corrected chi connectivity index (χ2v) is 3.69. The molecule has 1 rings (SSSR count). The van der Waals surface area contributed by atoms with Crippen LogP contribution in [0.1, 0.15) is 17.3 Å². The van der Waals surface area contributed by atoms with E-state index in [4.69, 9.17) is 16.7 Å². The van der Waals surface area contributed by atoms with Gasteiger partial charge in [0, 0.05) is 6.54 Å². The topological polar surface area (TPSA) is 49.3 Å². The Morgan fingerprint density at radius 3 is 2.80 bits per heavy atom. The largest absolute Gasteiger partial charge is 0.478 e. The maximum atomic E-state index is 10.9. The minimum Gasteiger partial charge on any atom is -0.478 e. The van der Waals surface area contributed by atoms with Gasteiger partial charge in [-0.2, -0.15) is 0 Å². The maximum absolute atomic E-state index is 10.9. The van der Waals surface area contributed by atoms with Crippen LogP contribution in [0.15, 0.2) is 30.4 Å². The lowest BCUT2D eigenvalue weighted by Gasteiger charge is -2.10. The first-order valence-corrected chi connectivity index (χ1v) is 4.80. The molecule has 0 radical (unpaired) electrons. The standard InChI is InChI=1S/C11H12ClNO2/c1-7(2)6-13-9-5-3-4-8(12)10(9)11(14)15/h3-5,13H,1,6H2,2H3,(H,14,15). The zero-order valence-electron chi connectivity index (χ0n) is 8.38. The van der Waals surface area contributed by atoms with Crippen molar-refractivity contribution >= 4 is 23.3 Å². The Kier molecular flexibility index (Phi) is 3.74. The Labute approximate surface area is 93.4 Å². The second-order valence-electron chi connectivity index (χ2n) is 3.28. The summed E-state index contributed by atoms with van der Waals surface area (Å²) in [4.78, 5) is 10.9. The molecule has 0 aliphatic rings. The van der Waals surface area contributed by atoms with E-state index in [1.165, 1.54) is 0 Å². The zero-order valence-corrected chi connectivity index (χ0v) is 9.14. The van der Waals surface area contributed by atoms with E-state index in [0.717, 1.165) is 5.57 Å². The first-order valence-electron chi connectivity index (χ1n) is 4.42. The van der Waals surface area contributed by atoms with E-state index in [-0.39, 0.29) is 10.6 Å². The lowest BCUT2D eigenvalue weighted by molar-refractivity contribution is 0.0698. The smallest absolute Gasteiger partial charge is 0.339 e. The first kappa shape index (κ1) is 11.6. The third-order valence-electron chi connectivity index (χ3n) is 1.81. The highest BCUT2D eigenvalue weighted by Gasteiger charge is 2.13. The normalized spacial score (nSPS) is 9.73. The molecule has 1 aromatic rings. The summed E-state index contributed by atoms with van der Waals surface area (Å²) in [5.74, 6) is -1.04. The molecule has 3 nitrogen and oxygen atoms in total. The summed E-state index contributed by atoms with van der Waals surface area (Å²) >= 11 is 5.80. The van der Waals surface area contributed by atoms with Crippen molar-refractivity contribution in [2.24, 2.45) is 0 Å². The number of anilines is 1. The third kappa shape index (κ3) is 2.99. The molecule has 0 spiro atoms. The molecule has 0 fully saturated rings. The molecule has 0 saturated heterocycles. The molecule has 0 amide bonds. The van der Waals surface area contributed by atoms with Gasteiger partial charge in [0.05, 0.1) is 10.7 Å². The van der Waals surface area contributed by atoms with Crippen LogP contribution in [0.4, 0.5) is 5.69 Å². The number of hydrogen-bond acceptors (Lipinski definition) is 2. The molecule has 0 aliphatic carbocycles. The van der Waals surface area contributed by atoms with Gasteiger partial charge in [0.2, 0.25) is 0 Å². The van der Waals surface area contributed by atoms with Crippen LogP contribution in [0.5, 0.6) is 0 Å². The molecule has 4 heteroatoms. The van der Waals surface area contributed by atoms with Gasteiger partial charge >= 0.3 is 5.97 Å². The van der Waals surface area contributed by atoms with E-state index in [0.29, 0.717) is 12.2 Å². The van der Waals surface area contributed by atoms with Crippen LogP contribution in [0.2, 0.25) is 5.02 Å². The number of rotatable bonds is 4. The summed E-state index contributed by atoms with van der Waals surface area (Å²) in [7, 11) is 0. The molecule has 1 aromatic carbocycles. The highest BCUT2D eigenvalue weighted by molar-refractivity contribution is 6.34. The fraction of sp³-hybridized carbons (Fsp3) is 0.182. The number of carboxylic acids is 1. The molecule has 0 unspecified atom stereocenters. The van der Waals surface area contributed by atoms with Crippen molar-refractivity contribution in [2.45, 2.75) is 6.92 Å². The van der Waals surface area contributed by atoms with E-state index >= 15 is 0 Å². The molecular weight excluding hydrogens is 214 g/mol. The van der Waals surface area contributed by atoms with Crippen molar-refractivity contribution in [3.63, 3.8) is 0 Å². The second kappa shape index (κ2) is 4.84. The number of carbonyl (C=O) groups is 1. The SMILES string of the molecule is C=C(C)CNc1cccc(Cl)c1C(=O)O. The van der Waals surface area contributed by atoms with Gasteiger partial charge in [0.15, 0.2) is 0 Å². The van der Waals surface area contributed by atoms with E-state index < -0.39 is 5.97 Å². The average Bonchev–Trinajstić information content (AvgIpc) is 2.13. The highest BCUT2D eigenvalue weighted by Crippen LogP contribution is 2.24. The van der Waals surface area contributed by atoms with Crippen molar-refractivity contribution in [1.29, 1.82) is 0 Å². The maximum Gasteiger partial charge on any atom is 0.339 e. The Hall–Kier alpha value is -1.48. The molecule has 0 atom stereocenters. The molecule has 0 aromatic heterocycles. The summed E-state index contributed by atoms with van der Waals surface area (Å²) < 4.78 is 0. The van der Waals surface area contributed by atoms with Crippen LogP contribution < -0.4 is 5.32 Å². The quantitative estimate of drug-likeness (QED) is 0.775. The monoisotopic (exact) mass is 225 g/mol. The lowest BCUT2D eigenvalue weighted by Crippen LogP contribution is -2.08. The van der Waals surface area contributed by atoms with Gasteiger partial charge < -0.3 is 10.4 Å². The molecular formula is C11H12ClNO2. The fourth-order valence-electron chi connectivity index (χ4n) is 1.13. The molecule has 0 aliphatic heterocycles. The van der Waals surface area contributed by atoms with Crippen LogP contribution >= 0.6 is 11.6 Å². The number of benzene rings is 1. The third-order valence-corrected chi connectivity index (χ3v) is 2.12. The molecule has 80 valence electrons. The van der Waals surface area contributed by atoms with Crippen LogP contribution in [-0.2, 0) is 0 Å². The fourth-order valence-corrected chi connectivity index (χ4v) is 1.39. The van der Waals surface area contributed by atoms with E-state index in [2.05, 4.69) is 11.9 Å². The summed E-state index contributed by atoms with van der Waals surface area (Å²) in [5, 5.41) is 12.2. The Balaban J connectivity index is 3.01. The first-order chi connectivity index (χ1) is 7.02. The Morgan fingerprint density at radius 1 is 1.60 bits per heavy atom. The predicted molar refractivity (Wildman–Crippen MR) is 61.7 cm³/mol. The minimum absolute atomic E-state index is 0.0976. The number of halogens is 1. The van der Waals surface area contributed by atoms with Crippen molar-refractivity contribution in [2.75, 3.05) is 11.9 Å². The van der Waals surface area contributed by atoms with Gasteiger partial charge in [-0.3, -0.25) is 0 Å². The van der Waals surface area contributed by atoms with Crippen LogP contribution in [0.3, 0.4) is 0 Å². The lowest BCUT2D eigenvalue weighted by atomic mass is 10.1. The van der Waals surface area contributed by atoms with E-state index in [1.807, 2.05) is 6.92 Å². The van der Waals surface area contributed by atoms with E-state index in [9.17, 15) is 4.79 Å². The molecule has 2 N–H and O–H groups in total. The minimum atomic E-state index is -1.04. The summed E-state index contributed by atoms with van der Waals surface area (Å²) in [6.07, 6.45) is 0. The van der Waals surface area contributed by atoms with Crippen LogP contribution in [0.25, 0.3) is 0 Å². The number of carboxylic acid groups (broad SMARTS) is 1. The number of aromatic carboxylic acids is 1. The van der Waals surface area contributed by atoms with Crippen LogP contribution in [0, 0.1) is 0 Å². The van der Waals surface area contributed by atoms with Gasteiger partial charge in [-0.1, -0.05) is 29.8 Å². The van der Waals surface area contributed by atoms with Gasteiger partial charge in [-0.15, -0.1) is 0 Å². The van der Waals surface area contributed by atoms with Gasteiger partial charge in [-0.05, 0) is 19.1 Å². The Morgan fingerprint density at radius 2 is 2.27 bits per heavy atom.